The third-order valence-electron chi connectivity index (χ3n) is 6.36. The summed E-state index contributed by atoms with van der Waals surface area (Å²) in [5.74, 6) is 1.30. The van der Waals surface area contributed by atoms with Crippen molar-refractivity contribution in [2.24, 2.45) is 11.8 Å². The molecule has 2 unspecified atom stereocenters. The van der Waals surface area contributed by atoms with Crippen LogP contribution in [0.5, 0.6) is 0 Å². The van der Waals surface area contributed by atoms with Crippen molar-refractivity contribution in [1.82, 2.24) is 0 Å². The Morgan fingerprint density at radius 2 is 1.62 bits per heavy atom. The second-order valence-corrected chi connectivity index (χ2v) is 8.41. The minimum Gasteiger partial charge on any atom is -0.492 e. The Kier molecular flexibility index (Phi) is 5.45. The summed E-state index contributed by atoms with van der Waals surface area (Å²) in [5.41, 5.74) is 8.04. The summed E-state index contributed by atoms with van der Waals surface area (Å²) in [7, 11) is 0. The molecule has 0 radical (unpaired) electrons. The quantitative estimate of drug-likeness (QED) is 0.552. The molecule has 0 saturated heterocycles. The van der Waals surface area contributed by atoms with Crippen molar-refractivity contribution in [1.29, 1.82) is 0 Å². The molecule has 2 aliphatic rings. The molecular formula is C27H30O2. The maximum Gasteiger partial charge on any atom is 0.171 e. The van der Waals surface area contributed by atoms with Gasteiger partial charge in [0.1, 0.15) is 12.4 Å². The molecule has 0 aliphatic heterocycles. The number of benzene rings is 2. The van der Waals surface area contributed by atoms with Crippen LogP contribution in [0.1, 0.15) is 54.5 Å². The standard InChI is InChI=1S/C27H30O2/c1-5-20-12-17(3)13-21(6-2)24(20)25-26(28)22-14-18(4)15-23(22)27(25)29-16-19-10-8-7-9-11-19/h7-13,22-23H,4-6,14-16H2,1-3H3. The van der Waals surface area contributed by atoms with E-state index in [0.717, 1.165) is 48.1 Å². The van der Waals surface area contributed by atoms with Crippen LogP contribution >= 0.6 is 0 Å². The van der Waals surface area contributed by atoms with Crippen LogP contribution < -0.4 is 0 Å². The van der Waals surface area contributed by atoms with Gasteiger partial charge in [0.25, 0.3) is 0 Å². The lowest BCUT2D eigenvalue weighted by molar-refractivity contribution is -0.117. The van der Waals surface area contributed by atoms with Crippen LogP contribution in [0.15, 0.2) is 60.4 Å². The fraction of sp³-hybridized carbons (Fsp3) is 0.370. The zero-order chi connectivity index (χ0) is 20.5. The van der Waals surface area contributed by atoms with Gasteiger partial charge >= 0.3 is 0 Å². The summed E-state index contributed by atoms with van der Waals surface area (Å²) < 4.78 is 6.44. The number of aryl methyl sites for hydroxylation is 3. The Balaban J connectivity index is 1.84. The number of hydrogen-bond acceptors (Lipinski definition) is 2. The zero-order valence-electron chi connectivity index (χ0n) is 17.8. The van der Waals surface area contributed by atoms with Crippen LogP contribution in [-0.2, 0) is 29.0 Å². The average molecular weight is 387 g/mol. The SMILES string of the molecule is C=C1CC2C(=O)C(c3c(CC)cc(C)cc3CC)=C(OCc3ccccc3)C2C1. The third kappa shape index (κ3) is 3.57. The largest absolute Gasteiger partial charge is 0.492 e. The van der Waals surface area contributed by atoms with Gasteiger partial charge in [0.05, 0.1) is 5.57 Å². The highest BCUT2D eigenvalue weighted by atomic mass is 16.5. The van der Waals surface area contributed by atoms with Crippen LogP contribution in [0.3, 0.4) is 0 Å². The number of rotatable bonds is 6. The molecule has 0 spiro atoms. The van der Waals surface area contributed by atoms with Crippen molar-refractivity contribution in [2.75, 3.05) is 0 Å². The van der Waals surface area contributed by atoms with Crippen molar-refractivity contribution >= 4 is 11.4 Å². The summed E-state index contributed by atoms with van der Waals surface area (Å²) in [4.78, 5) is 13.6. The van der Waals surface area contributed by atoms with Crippen LogP contribution in [0.4, 0.5) is 0 Å². The van der Waals surface area contributed by atoms with Crippen molar-refractivity contribution in [2.45, 2.75) is 53.1 Å². The van der Waals surface area contributed by atoms with Gasteiger partial charge in [0.2, 0.25) is 0 Å². The van der Waals surface area contributed by atoms with E-state index in [4.69, 9.17) is 4.74 Å². The van der Waals surface area contributed by atoms with Gasteiger partial charge in [-0.3, -0.25) is 4.79 Å². The molecule has 1 fully saturated rings. The fourth-order valence-electron chi connectivity index (χ4n) is 5.01. The average Bonchev–Trinajstić information content (AvgIpc) is 3.22. The molecule has 2 heteroatoms. The maximum absolute atomic E-state index is 13.6. The van der Waals surface area contributed by atoms with Gasteiger partial charge in [-0.1, -0.05) is 74.0 Å². The molecule has 0 amide bonds. The molecule has 0 heterocycles. The van der Waals surface area contributed by atoms with Gasteiger partial charge in [-0.05, 0) is 54.9 Å². The predicted molar refractivity (Wildman–Crippen MR) is 118 cm³/mol. The predicted octanol–water partition coefficient (Wildman–Crippen LogP) is 6.21. The monoisotopic (exact) mass is 386 g/mol. The number of carbonyl (C=O) groups is 1. The number of hydrogen-bond donors (Lipinski definition) is 0. The molecular weight excluding hydrogens is 356 g/mol. The molecule has 2 aromatic carbocycles. The first-order chi connectivity index (χ1) is 14.0. The number of allylic oxidation sites excluding steroid dienone is 3. The maximum atomic E-state index is 13.6. The van der Waals surface area contributed by atoms with Crippen LogP contribution in [0, 0.1) is 18.8 Å². The minimum atomic E-state index is -0.000936. The van der Waals surface area contributed by atoms with Crippen molar-refractivity contribution in [3.63, 3.8) is 0 Å². The highest BCUT2D eigenvalue weighted by Gasteiger charge is 2.48. The van der Waals surface area contributed by atoms with E-state index in [1.165, 1.54) is 22.3 Å². The Hall–Kier alpha value is -2.61. The van der Waals surface area contributed by atoms with Gasteiger partial charge in [-0.15, -0.1) is 0 Å². The highest BCUT2D eigenvalue weighted by molar-refractivity contribution is 6.25. The topological polar surface area (TPSA) is 26.3 Å². The summed E-state index contributed by atoms with van der Waals surface area (Å²) in [6.45, 7) is 11.1. The third-order valence-corrected chi connectivity index (χ3v) is 6.36. The Labute approximate surface area is 174 Å². The lowest BCUT2D eigenvalue weighted by Crippen LogP contribution is -2.13. The Morgan fingerprint density at radius 1 is 1.00 bits per heavy atom. The number of ketones is 1. The highest BCUT2D eigenvalue weighted by Crippen LogP contribution is 2.51. The molecule has 0 N–H and O–H groups in total. The Morgan fingerprint density at radius 3 is 2.24 bits per heavy atom. The van der Waals surface area contributed by atoms with E-state index in [-0.39, 0.29) is 17.6 Å². The van der Waals surface area contributed by atoms with Gasteiger partial charge in [-0.25, -0.2) is 0 Å². The van der Waals surface area contributed by atoms with Gasteiger partial charge in [0.15, 0.2) is 5.78 Å². The summed E-state index contributed by atoms with van der Waals surface area (Å²) in [5, 5.41) is 0. The zero-order valence-corrected chi connectivity index (χ0v) is 17.8. The first kappa shape index (κ1) is 19.7. The van der Waals surface area contributed by atoms with E-state index in [0.29, 0.717) is 6.61 Å². The fourth-order valence-corrected chi connectivity index (χ4v) is 5.01. The van der Waals surface area contributed by atoms with E-state index in [1.54, 1.807) is 0 Å². The number of carbonyl (C=O) groups excluding carboxylic acids is 1. The van der Waals surface area contributed by atoms with Crippen molar-refractivity contribution in [3.05, 3.63) is 88.2 Å². The van der Waals surface area contributed by atoms with Crippen LogP contribution in [0.2, 0.25) is 0 Å². The molecule has 29 heavy (non-hydrogen) atoms. The molecule has 0 bridgehead atoms. The second-order valence-electron chi connectivity index (χ2n) is 8.41. The molecule has 4 rings (SSSR count). The van der Waals surface area contributed by atoms with Gasteiger partial charge in [0, 0.05) is 11.8 Å². The lowest BCUT2D eigenvalue weighted by Gasteiger charge is -2.19. The van der Waals surface area contributed by atoms with E-state index < -0.39 is 0 Å². The van der Waals surface area contributed by atoms with E-state index in [1.807, 2.05) is 18.2 Å². The number of fused-ring (bicyclic) bond motifs is 1. The molecule has 2 nitrogen and oxygen atoms in total. The summed E-state index contributed by atoms with van der Waals surface area (Å²) >= 11 is 0. The minimum absolute atomic E-state index is 0.000936. The molecule has 2 atom stereocenters. The van der Waals surface area contributed by atoms with Crippen molar-refractivity contribution < 1.29 is 9.53 Å². The summed E-state index contributed by atoms with van der Waals surface area (Å²) in [6, 6.07) is 14.7. The second kappa shape index (κ2) is 8.02. The normalized spacial score (nSPS) is 21.1. The van der Waals surface area contributed by atoms with Crippen LogP contribution in [-0.4, -0.2) is 5.78 Å². The lowest BCUT2D eigenvalue weighted by atomic mass is 9.87. The first-order valence-electron chi connectivity index (χ1n) is 10.8. The molecule has 2 aliphatic carbocycles. The Bertz CT molecular complexity index is 956. The first-order valence-corrected chi connectivity index (χ1v) is 10.8. The van der Waals surface area contributed by atoms with Gasteiger partial charge < -0.3 is 4.74 Å². The summed E-state index contributed by atoms with van der Waals surface area (Å²) in [6.07, 6.45) is 3.47. The smallest absolute Gasteiger partial charge is 0.171 e. The van der Waals surface area contributed by atoms with E-state index >= 15 is 0 Å². The van der Waals surface area contributed by atoms with Crippen molar-refractivity contribution in [3.8, 4) is 0 Å². The van der Waals surface area contributed by atoms with Crippen LogP contribution in [0.25, 0.3) is 5.57 Å². The molecule has 2 aromatic rings. The van der Waals surface area contributed by atoms with Gasteiger partial charge in [-0.2, -0.15) is 0 Å². The molecule has 0 aromatic heterocycles. The van der Waals surface area contributed by atoms with E-state index in [9.17, 15) is 4.79 Å². The number of Topliss-reactive ketones (excluding diaryl/α,β-unsaturated/α-hetero) is 1. The number of ether oxygens (including phenoxy) is 1. The molecule has 1 saturated carbocycles. The van der Waals surface area contributed by atoms with E-state index in [2.05, 4.69) is 51.6 Å². The molecule has 150 valence electrons.